The summed E-state index contributed by atoms with van der Waals surface area (Å²) in [4.78, 5) is 26.7. The molecule has 7 nitrogen and oxygen atoms in total. The van der Waals surface area contributed by atoms with Crippen molar-refractivity contribution in [2.75, 3.05) is 19.6 Å². The molecule has 1 fully saturated rings. The SMILES string of the molecule is CC(C)OC(=O)N1CCC(NCCc2csc(-c3cnccn3)n2)CC1. The zero-order chi connectivity index (χ0) is 18.4. The number of hydrogen-bond donors (Lipinski definition) is 1. The number of thiazole rings is 1. The second kappa shape index (κ2) is 9.05. The van der Waals surface area contributed by atoms with E-state index >= 15 is 0 Å². The van der Waals surface area contributed by atoms with E-state index in [2.05, 4.69) is 25.6 Å². The monoisotopic (exact) mass is 375 g/mol. The average Bonchev–Trinajstić information content (AvgIpc) is 3.11. The highest BCUT2D eigenvalue weighted by molar-refractivity contribution is 7.13. The van der Waals surface area contributed by atoms with Gasteiger partial charge in [-0.2, -0.15) is 0 Å². The Hall–Kier alpha value is -2.06. The van der Waals surface area contributed by atoms with Crippen molar-refractivity contribution < 1.29 is 9.53 Å². The number of rotatable bonds is 6. The Kier molecular flexibility index (Phi) is 6.51. The van der Waals surface area contributed by atoms with Crippen LogP contribution in [0.5, 0.6) is 0 Å². The quantitative estimate of drug-likeness (QED) is 0.836. The fourth-order valence-corrected chi connectivity index (χ4v) is 3.71. The Morgan fingerprint density at radius 3 is 2.88 bits per heavy atom. The molecule has 1 saturated heterocycles. The van der Waals surface area contributed by atoms with Crippen molar-refractivity contribution in [3.63, 3.8) is 0 Å². The molecular weight excluding hydrogens is 350 g/mol. The van der Waals surface area contributed by atoms with Gasteiger partial charge in [-0.25, -0.2) is 9.78 Å². The summed E-state index contributed by atoms with van der Waals surface area (Å²) < 4.78 is 5.25. The first-order chi connectivity index (χ1) is 12.6. The minimum Gasteiger partial charge on any atom is -0.447 e. The zero-order valence-electron chi connectivity index (χ0n) is 15.2. The molecule has 0 atom stereocenters. The first-order valence-corrected chi connectivity index (χ1v) is 9.89. The summed E-state index contributed by atoms with van der Waals surface area (Å²) in [6.07, 6.45) is 7.60. The summed E-state index contributed by atoms with van der Waals surface area (Å²) in [5.74, 6) is 0. The van der Waals surface area contributed by atoms with Crippen molar-refractivity contribution >= 4 is 17.4 Å². The summed E-state index contributed by atoms with van der Waals surface area (Å²) in [6, 6.07) is 0.441. The molecule has 0 spiro atoms. The molecule has 0 bridgehead atoms. The lowest BCUT2D eigenvalue weighted by Gasteiger charge is -2.32. The Morgan fingerprint density at radius 1 is 1.38 bits per heavy atom. The predicted octanol–water partition coefficient (Wildman–Crippen LogP) is 2.74. The molecule has 8 heteroatoms. The van der Waals surface area contributed by atoms with Crippen LogP contribution < -0.4 is 5.32 Å². The van der Waals surface area contributed by atoms with Crippen LogP contribution in [0.15, 0.2) is 24.0 Å². The molecule has 0 aliphatic carbocycles. The molecule has 3 heterocycles. The van der Waals surface area contributed by atoms with Crippen LogP contribution >= 0.6 is 11.3 Å². The van der Waals surface area contributed by atoms with E-state index in [1.165, 1.54) is 0 Å². The lowest BCUT2D eigenvalue weighted by Crippen LogP contribution is -2.45. The molecule has 3 rings (SSSR count). The Labute approximate surface area is 157 Å². The van der Waals surface area contributed by atoms with Gasteiger partial charge in [0, 0.05) is 49.9 Å². The van der Waals surface area contributed by atoms with Crippen LogP contribution in [-0.4, -0.2) is 57.7 Å². The van der Waals surface area contributed by atoms with Crippen LogP contribution in [0.3, 0.4) is 0 Å². The lowest BCUT2D eigenvalue weighted by atomic mass is 10.1. The van der Waals surface area contributed by atoms with Crippen LogP contribution in [0.25, 0.3) is 10.7 Å². The number of carbonyl (C=O) groups is 1. The van der Waals surface area contributed by atoms with Crippen LogP contribution in [0, 0.1) is 0 Å². The maximum atomic E-state index is 11.9. The molecule has 2 aromatic heterocycles. The van der Waals surface area contributed by atoms with Crippen molar-refractivity contribution in [3.8, 4) is 10.7 Å². The molecule has 2 aromatic rings. The lowest BCUT2D eigenvalue weighted by molar-refractivity contribution is 0.0679. The average molecular weight is 375 g/mol. The van der Waals surface area contributed by atoms with E-state index in [4.69, 9.17) is 4.74 Å². The molecule has 0 aromatic carbocycles. The van der Waals surface area contributed by atoms with Crippen LogP contribution in [0.1, 0.15) is 32.4 Å². The number of likely N-dealkylation sites (tertiary alicyclic amines) is 1. The number of piperidine rings is 1. The Morgan fingerprint density at radius 2 is 2.19 bits per heavy atom. The fraction of sp³-hybridized carbons (Fsp3) is 0.556. The third-order valence-corrected chi connectivity index (χ3v) is 5.15. The highest BCUT2D eigenvalue weighted by Gasteiger charge is 2.23. The third kappa shape index (κ3) is 5.22. The Balaban J connectivity index is 1.39. The largest absolute Gasteiger partial charge is 0.447 e. The van der Waals surface area contributed by atoms with Gasteiger partial charge in [-0.1, -0.05) is 0 Å². The van der Waals surface area contributed by atoms with Gasteiger partial charge >= 0.3 is 6.09 Å². The number of nitrogens with one attached hydrogen (secondary N) is 1. The second-order valence-corrected chi connectivity index (χ2v) is 7.49. The molecule has 0 radical (unpaired) electrons. The number of nitrogens with zero attached hydrogens (tertiary/aromatic N) is 4. The molecular formula is C18H25N5O2S. The minimum atomic E-state index is -0.197. The van der Waals surface area contributed by atoms with Crippen LogP contribution in [-0.2, 0) is 11.2 Å². The minimum absolute atomic E-state index is 0.0665. The van der Waals surface area contributed by atoms with E-state index in [-0.39, 0.29) is 12.2 Å². The number of amides is 1. The van der Waals surface area contributed by atoms with E-state index < -0.39 is 0 Å². The molecule has 140 valence electrons. The summed E-state index contributed by atoms with van der Waals surface area (Å²) in [5.41, 5.74) is 1.89. The molecule has 0 saturated carbocycles. The second-order valence-electron chi connectivity index (χ2n) is 6.63. The molecule has 1 aliphatic heterocycles. The maximum absolute atomic E-state index is 11.9. The predicted molar refractivity (Wildman–Crippen MR) is 101 cm³/mol. The Bertz CT molecular complexity index is 699. The first-order valence-electron chi connectivity index (χ1n) is 9.01. The number of ether oxygens (including phenoxy) is 1. The van der Waals surface area contributed by atoms with Gasteiger partial charge in [0.05, 0.1) is 18.0 Å². The van der Waals surface area contributed by atoms with Gasteiger partial charge in [0.1, 0.15) is 10.7 Å². The molecule has 26 heavy (non-hydrogen) atoms. The van der Waals surface area contributed by atoms with Gasteiger partial charge < -0.3 is 15.0 Å². The molecule has 1 aliphatic rings. The summed E-state index contributed by atoms with van der Waals surface area (Å²) in [6.45, 7) is 6.12. The van der Waals surface area contributed by atoms with Gasteiger partial charge in [0.2, 0.25) is 0 Å². The smallest absolute Gasteiger partial charge is 0.410 e. The van der Waals surface area contributed by atoms with Gasteiger partial charge in [-0.05, 0) is 26.7 Å². The summed E-state index contributed by atoms with van der Waals surface area (Å²) in [5, 5.41) is 6.56. The van der Waals surface area contributed by atoms with Crippen LogP contribution in [0.4, 0.5) is 4.79 Å². The van der Waals surface area contributed by atoms with Crippen molar-refractivity contribution in [1.29, 1.82) is 0 Å². The van der Waals surface area contributed by atoms with E-state index in [9.17, 15) is 4.79 Å². The first kappa shape index (κ1) is 18.7. The third-order valence-electron chi connectivity index (χ3n) is 4.24. The summed E-state index contributed by atoms with van der Waals surface area (Å²) in [7, 11) is 0. The molecule has 1 amide bonds. The zero-order valence-corrected chi connectivity index (χ0v) is 16.0. The van der Waals surface area contributed by atoms with E-state index in [1.807, 2.05) is 13.8 Å². The highest BCUT2D eigenvalue weighted by atomic mass is 32.1. The fourth-order valence-electron chi connectivity index (χ4n) is 2.90. The van der Waals surface area contributed by atoms with Gasteiger partial charge in [0.25, 0.3) is 0 Å². The summed E-state index contributed by atoms with van der Waals surface area (Å²) >= 11 is 1.60. The highest BCUT2D eigenvalue weighted by Crippen LogP contribution is 2.21. The van der Waals surface area contributed by atoms with E-state index in [0.717, 1.165) is 55.3 Å². The molecule has 1 N–H and O–H groups in total. The van der Waals surface area contributed by atoms with E-state index in [1.54, 1.807) is 34.8 Å². The number of aromatic nitrogens is 3. The van der Waals surface area contributed by atoms with Gasteiger partial charge in [-0.15, -0.1) is 11.3 Å². The van der Waals surface area contributed by atoms with Gasteiger partial charge in [0.15, 0.2) is 0 Å². The van der Waals surface area contributed by atoms with Crippen molar-refractivity contribution in [2.45, 2.75) is 45.3 Å². The molecule has 0 unspecified atom stereocenters. The number of carbonyl (C=O) groups excluding carboxylic acids is 1. The number of hydrogen-bond acceptors (Lipinski definition) is 7. The van der Waals surface area contributed by atoms with Crippen LogP contribution in [0.2, 0.25) is 0 Å². The van der Waals surface area contributed by atoms with Crippen molar-refractivity contribution in [3.05, 3.63) is 29.7 Å². The topological polar surface area (TPSA) is 80.2 Å². The normalized spacial score (nSPS) is 15.4. The van der Waals surface area contributed by atoms with E-state index in [0.29, 0.717) is 6.04 Å². The van der Waals surface area contributed by atoms with Gasteiger partial charge in [-0.3, -0.25) is 9.97 Å². The standard InChI is InChI=1S/C18H25N5O2S/c1-13(2)25-18(24)23-9-4-14(5-10-23)20-6-3-15-12-26-17(22-15)16-11-19-7-8-21-16/h7-8,11-14,20H,3-6,9-10H2,1-2H3. The maximum Gasteiger partial charge on any atom is 0.410 e. The van der Waals surface area contributed by atoms with Crippen molar-refractivity contribution in [2.24, 2.45) is 0 Å². The van der Waals surface area contributed by atoms with Crippen molar-refractivity contribution in [1.82, 2.24) is 25.2 Å².